The summed E-state index contributed by atoms with van der Waals surface area (Å²) in [6.45, 7) is 4.93. The fraction of sp³-hybridized carbons (Fsp3) is 0.438. The van der Waals surface area contributed by atoms with Crippen molar-refractivity contribution < 1.29 is 9.84 Å². The second-order valence-electron chi connectivity index (χ2n) is 4.87. The van der Waals surface area contributed by atoms with Gasteiger partial charge in [0.25, 0.3) is 0 Å². The molecule has 2 aromatic rings. The summed E-state index contributed by atoms with van der Waals surface area (Å²) in [4.78, 5) is 0. The average Bonchev–Trinajstić information content (AvgIpc) is 2.83. The van der Waals surface area contributed by atoms with Crippen LogP contribution < -0.4 is 4.74 Å². The van der Waals surface area contributed by atoms with E-state index in [1.54, 1.807) is 7.11 Å². The maximum absolute atomic E-state index is 10.5. The number of aromatic nitrogens is 2. The molecule has 0 radical (unpaired) electrons. The normalized spacial score (nSPS) is 12.4. The lowest BCUT2D eigenvalue weighted by atomic mass is 10.0. The van der Waals surface area contributed by atoms with Crippen LogP contribution in [0, 0.1) is 0 Å². The molecule has 1 aromatic carbocycles. The van der Waals surface area contributed by atoms with Crippen molar-refractivity contribution in [1.29, 1.82) is 0 Å². The Hall–Kier alpha value is -1.33. The first-order chi connectivity index (χ1) is 10.1. The third-order valence-electron chi connectivity index (χ3n) is 3.56. The number of rotatable bonds is 6. The van der Waals surface area contributed by atoms with Gasteiger partial charge in [-0.25, -0.2) is 0 Å². The Bertz CT molecular complexity index is 610. The van der Waals surface area contributed by atoms with Gasteiger partial charge in [0.15, 0.2) is 0 Å². The van der Waals surface area contributed by atoms with E-state index in [0.29, 0.717) is 6.42 Å². The maximum atomic E-state index is 10.5. The lowest BCUT2D eigenvalue weighted by Crippen LogP contribution is -2.09. The lowest BCUT2D eigenvalue weighted by Gasteiger charge is -2.13. The Labute approximate surface area is 133 Å². The van der Waals surface area contributed by atoms with E-state index in [-0.39, 0.29) is 0 Å². The van der Waals surface area contributed by atoms with E-state index in [4.69, 9.17) is 4.74 Å². The van der Waals surface area contributed by atoms with Crippen LogP contribution in [0.1, 0.15) is 36.9 Å². The number of aliphatic hydroxyl groups excluding tert-OH is 1. The summed E-state index contributed by atoms with van der Waals surface area (Å²) in [5, 5.41) is 15.1. The molecule has 1 aromatic heterocycles. The number of halogens is 1. The van der Waals surface area contributed by atoms with Gasteiger partial charge < -0.3 is 9.84 Å². The highest BCUT2D eigenvalue weighted by molar-refractivity contribution is 9.10. The summed E-state index contributed by atoms with van der Waals surface area (Å²) in [5.41, 5.74) is 2.91. The summed E-state index contributed by atoms with van der Waals surface area (Å²) in [6.07, 6.45) is 0.813. The topological polar surface area (TPSA) is 47.3 Å². The van der Waals surface area contributed by atoms with Crippen LogP contribution in [0.5, 0.6) is 5.75 Å². The molecule has 114 valence electrons. The Morgan fingerprint density at radius 2 is 2.14 bits per heavy atom. The summed E-state index contributed by atoms with van der Waals surface area (Å²) in [6, 6.07) is 7.54. The summed E-state index contributed by atoms with van der Waals surface area (Å²) >= 11 is 3.61. The molecule has 2 rings (SSSR count). The molecule has 0 fully saturated rings. The second kappa shape index (κ2) is 7.09. The minimum Gasteiger partial charge on any atom is -0.497 e. The average molecular weight is 353 g/mol. The summed E-state index contributed by atoms with van der Waals surface area (Å²) < 4.78 is 8.17. The van der Waals surface area contributed by atoms with Gasteiger partial charge in [0.1, 0.15) is 5.75 Å². The third-order valence-corrected chi connectivity index (χ3v) is 4.47. The van der Waals surface area contributed by atoms with Crippen molar-refractivity contribution in [2.24, 2.45) is 0 Å². The Balaban J connectivity index is 2.26. The second-order valence-corrected chi connectivity index (χ2v) is 5.67. The van der Waals surface area contributed by atoms with Crippen LogP contribution in [0.25, 0.3) is 0 Å². The van der Waals surface area contributed by atoms with Crippen molar-refractivity contribution in [2.75, 3.05) is 7.11 Å². The molecule has 4 nitrogen and oxygen atoms in total. The van der Waals surface area contributed by atoms with Gasteiger partial charge in [0.2, 0.25) is 0 Å². The molecule has 1 unspecified atom stereocenters. The third kappa shape index (κ3) is 3.47. The zero-order valence-corrected chi connectivity index (χ0v) is 14.2. The number of nitrogens with zero attached hydrogens (tertiary/aromatic N) is 2. The first-order valence-electron chi connectivity index (χ1n) is 7.16. The minimum absolute atomic E-state index is 0.522. The van der Waals surface area contributed by atoms with E-state index in [2.05, 4.69) is 34.9 Å². The van der Waals surface area contributed by atoms with E-state index in [9.17, 15) is 5.11 Å². The first-order valence-corrected chi connectivity index (χ1v) is 7.96. The van der Waals surface area contributed by atoms with Gasteiger partial charge in [-0.15, -0.1) is 0 Å². The van der Waals surface area contributed by atoms with Crippen LogP contribution in [-0.4, -0.2) is 22.0 Å². The molecule has 0 saturated heterocycles. The van der Waals surface area contributed by atoms with Gasteiger partial charge in [-0.2, -0.15) is 5.10 Å². The maximum Gasteiger partial charge on any atom is 0.119 e. The Kier molecular flexibility index (Phi) is 5.42. The fourth-order valence-corrected chi connectivity index (χ4v) is 3.09. The van der Waals surface area contributed by atoms with Crippen molar-refractivity contribution >= 4 is 15.9 Å². The minimum atomic E-state index is -0.580. The quantitative estimate of drug-likeness (QED) is 0.865. The van der Waals surface area contributed by atoms with Gasteiger partial charge in [-0.05, 0) is 47.0 Å². The first kappa shape index (κ1) is 16.0. The summed E-state index contributed by atoms with van der Waals surface area (Å²) in [7, 11) is 1.63. The predicted molar refractivity (Wildman–Crippen MR) is 86.6 cm³/mol. The molecule has 1 N–H and O–H groups in total. The molecular weight excluding hydrogens is 332 g/mol. The molecule has 21 heavy (non-hydrogen) atoms. The molecule has 0 aliphatic rings. The molecule has 0 amide bonds. The number of hydrogen-bond acceptors (Lipinski definition) is 3. The Morgan fingerprint density at radius 1 is 1.38 bits per heavy atom. The van der Waals surface area contributed by atoms with Crippen molar-refractivity contribution in [2.45, 2.75) is 39.3 Å². The molecule has 0 spiro atoms. The van der Waals surface area contributed by atoms with E-state index < -0.39 is 6.10 Å². The van der Waals surface area contributed by atoms with Crippen LogP contribution in [0.3, 0.4) is 0 Å². The zero-order chi connectivity index (χ0) is 15.4. The van der Waals surface area contributed by atoms with Crippen LogP contribution >= 0.6 is 15.9 Å². The molecular formula is C16H21BrN2O2. The van der Waals surface area contributed by atoms with Crippen LogP contribution in [0.2, 0.25) is 0 Å². The molecule has 0 saturated carbocycles. The molecule has 0 aliphatic carbocycles. The highest BCUT2D eigenvalue weighted by Crippen LogP contribution is 2.28. The summed E-state index contributed by atoms with van der Waals surface area (Å²) in [5.74, 6) is 0.754. The van der Waals surface area contributed by atoms with Gasteiger partial charge in [0, 0.05) is 13.0 Å². The highest BCUT2D eigenvalue weighted by atomic mass is 79.9. The number of hydrogen-bond donors (Lipinski definition) is 1. The highest BCUT2D eigenvalue weighted by Gasteiger charge is 2.18. The van der Waals surface area contributed by atoms with Crippen molar-refractivity contribution in [3.8, 4) is 5.75 Å². The van der Waals surface area contributed by atoms with Crippen LogP contribution in [0.4, 0.5) is 0 Å². The van der Waals surface area contributed by atoms with E-state index in [1.807, 2.05) is 28.9 Å². The fourth-order valence-electron chi connectivity index (χ4n) is 2.36. The number of methoxy groups -OCH3 is 1. The Morgan fingerprint density at radius 3 is 2.76 bits per heavy atom. The van der Waals surface area contributed by atoms with Crippen molar-refractivity contribution in [3.63, 3.8) is 0 Å². The van der Waals surface area contributed by atoms with Gasteiger partial charge >= 0.3 is 0 Å². The zero-order valence-electron chi connectivity index (χ0n) is 12.6. The number of ether oxygens (including phenoxy) is 1. The smallest absolute Gasteiger partial charge is 0.119 e. The van der Waals surface area contributed by atoms with Crippen LogP contribution in [0.15, 0.2) is 28.7 Å². The van der Waals surface area contributed by atoms with Gasteiger partial charge in [0.05, 0.1) is 29.1 Å². The standard InChI is InChI=1S/C16H21BrN2O2/c1-4-13-16(17)14(19(5-2)18-13)10-15(20)11-7-6-8-12(9-11)21-3/h6-9,15,20H,4-5,10H2,1-3H3. The number of aryl methyl sites for hydroxylation is 2. The lowest BCUT2D eigenvalue weighted by molar-refractivity contribution is 0.175. The molecule has 1 atom stereocenters. The largest absolute Gasteiger partial charge is 0.497 e. The van der Waals surface area contributed by atoms with E-state index in [1.165, 1.54) is 0 Å². The predicted octanol–water partition coefficient (Wildman–Crippen LogP) is 3.51. The van der Waals surface area contributed by atoms with E-state index >= 15 is 0 Å². The monoisotopic (exact) mass is 352 g/mol. The van der Waals surface area contributed by atoms with Gasteiger partial charge in [-0.3, -0.25) is 4.68 Å². The van der Waals surface area contributed by atoms with Crippen molar-refractivity contribution in [1.82, 2.24) is 9.78 Å². The molecule has 1 heterocycles. The van der Waals surface area contributed by atoms with E-state index in [0.717, 1.165) is 40.1 Å². The number of benzene rings is 1. The molecule has 5 heteroatoms. The van der Waals surface area contributed by atoms with Crippen LogP contribution in [-0.2, 0) is 19.4 Å². The number of aliphatic hydroxyl groups is 1. The van der Waals surface area contributed by atoms with Crippen molar-refractivity contribution in [3.05, 3.63) is 45.7 Å². The molecule has 0 bridgehead atoms. The van der Waals surface area contributed by atoms with Gasteiger partial charge in [-0.1, -0.05) is 19.1 Å². The SMILES string of the molecule is CCc1nn(CC)c(CC(O)c2cccc(OC)c2)c1Br. The molecule has 0 aliphatic heterocycles.